The molecule has 86 valence electrons. The molecule has 0 radical (unpaired) electrons. The molecule has 0 saturated carbocycles. The Morgan fingerprint density at radius 3 is 3.06 bits per heavy atom. The molecule has 2 rings (SSSR count). The maximum atomic E-state index is 4.55. The van der Waals surface area contributed by atoms with Crippen LogP contribution in [-0.2, 0) is 6.42 Å². The molecule has 0 spiro atoms. The molecule has 1 aliphatic rings. The number of benzene rings is 1. The predicted molar refractivity (Wildman–Crippen MR) is 71.1 cm³/mol. The monoisotopic (exact) mass is 216 g/mol. The lowest BCUT2D eigenvalue weighted by atomic mass is 9.96. The zero-order chi connectivity index (χ0) is 11.5. The number of hydrogen-bond acceptors (Lipinski definition) is 2. The van der Waals surface area contributed by atoms with Crippen molar-refractivity contribution >= 4 is 17.6 Å². The lowest BCUT2D eigenvalue weighted by molar-refractivity contribution is 0.599. The Bertz CT molecular complexity index is 396. The summed E-state index contributed by atoms with van der Waals surface area (Å²) in [6.45, 7) is 4.40. The SMILES string of the molecule is CCC=Nc1cccc2c1CCC(C)N2C. The number of aliphatic imine (C=N–C) groups is 1. The molecule has 0 fully saturated rings. The third-order valence-corrected chi connectivity index (χ3v) is 3.39. The molecule has 2 nitrogen and oxygen atoms in total. The van der Waals surface area contributed by atoms with Crippen molar-refractivity contribution in [2.45, 2.75) is 39.2 Å². The van der Waals surface area contributed by atoms with Crippen molar-refractivity contribution in [2.75, 3.05) is 11.9 Å². The summed E-state index contributed by atoms with van der Waals surface area (Å²) in [5, 5.41) is 0. The normalized spacial score (nSPS) is 20.2. The third-order valence-electron chi connectivity index (χ3n) is 3.39. The Morgan fingerprint density at radius 2 is 2.31 bits per heavy atom. The van der Waals surface area contributed by atoms with E-state index < -0.39 is 0 Å². The average Bonchev–Trinajstić information content (AvgIpc) is 2.31. The first kappa shape index (κ1) is 11.2. The summed E-state index contributed by atoms with van der Waals surface area (Å²) in [5.74, 6) is 0. The number of hydrogen-bond donors (Lipinski definition) is 0. The Balaban J connectivity index is 2.40. The summed E-state index contributed by atoms with van der Waals surface area (Å²) >= 11 is 0. The summed E-state index contributed by atoms with van der Waals surface area (Å²) in [4.78, 5) is 6.91. The zero-order valence-electron chi connectivity index (χ0n) is 10.4. The summed E-state index contributed by atoms with van der Waals surface area (Å²) < 4.78 is 0. The van der Waals surface area contributed by atoms with Crippen LogP contribution in [0.4, 0.5) is 11.4 Å². The summed E-state index contributed by atoms with van der Waals surface area (Å²) in [7, 11) is 2.18. The first-order chi connectivity index (χ1) is 7.74. The number of fused-ring (bicyclic) bond motifs is 1. The van der Waals surface area contributed by atoms with Crippen LogP contribution in [0.25, 0.3) is 0 Å². The highest BCUT2D eigenvalue weighted by Crippen LogP contribution is 2.35. The highest BCUT2D eigenvalue weighted by atomic mass is 15.1. The lowest BCUT2D eigenvalue weighted by Gasteiger charge is -2.34. The molecule has 16 heavy (non-hydrogen) atoms. The van der Waals surface area contributed by atoms with E-state index in [4.69, 9.17) is 0 Å². The molecule has 1 heterocycles. The van der Waals surface area contributed by atoms with E-state index in [1.165, 1.54) is 17.7 Å². The van der Waals surface area contributed by atoms with Crippen molar-refractivity contribution in [2.24, 2.45) is 4.99 Å². The van der Waals surface area contributed by atoms with Gasteiger partial charge in [0.15, 0.2) is 0 Å². The standard InChI is InChI=1S/C14H20N2/c1-4-10-15-13-6-5-7-14-12(13)9-8-11(2)16(14)3/h5-7,10-11H,4,8-9H2,1-3H3. The number of nitrogens with zero attached hydrogens (tertiary/aromatic N) is 2. The van der Waals surface area contributed by atoms with Gasteiger partial charge in [-0.05, 0) is 38.3 Å². The average molecular weight is 216 g/mol. The second kappa shape index (κ2) is 4.69. The quantitative estimate of drug-likeness (QED) is 0.690. The van der Waals surface area contributed by atoms with Crippen molar-refractivity contribution in [1.29, 1.82) is 0 Å². The van der Waals surface area contributed by atoms with E-state index in [2.05, 4.69) is 49.0 Å². The molecule has 1 atom stereocenters. The van der Waals surface area contributed by atoms with Gasteiger partial charge in [0, 0.05) is 30.6 Å². The van der Waals surface area contributed by atoms with E-state index in [1.54, 1.807) is 0 Å². The van der Waals surface area contributed by atoms with Gasteiger partial charge in [-0.1, -0.05) is 13.0 Å². The predicted octanol–water partition coefficient (Wildman–Crippen LogP) is 3.57. The zero-order valence-corrected chi connectivity index (χ0v) is 10.4. The van der Waals surface area contributed by atoms with Gasteiger partial charge in [0.2, 0.25) is 0 Å². The lowest BCUT2D eigenvalue weighted by Crippen LogP contribution is -2.33. The maximum Gasteiger partial charge on any atom is 0.0678 e. The van der Waals surface area contributed by atoms with Crippen LogP contribution >= 0.6 is 0 Å². The van der Waals surface area contributed by atoms with Crippen LogP contribution in [0.15, 0.2) is 23.2 Å². The molecule has 0 aliphatic carbocycles. The Kier molecular flexibility index (Phi) is 3.28. The van der Waals surface area contributed by atoms with Gasteiger partial charge in [0.05, 0.1) is 5.69 Å². The van der Waals surface area contributed by atoms with Gasteiger partial charge >= 0.3 is 0 Å². The van der Waals surface area contributed by atoms with E-state index in [0.29, 0.717) is 6.04 Å². The highest BCUT2D eigenvalue weighted by Gasteiger charge is 2.21. The van der Waals surface area contributed by atoms with E-state index in [1.807, 2.05) is 6.21 Å². The van der Waals surface area contributed by atoms with Gasteiger partial charge in [-0.3, -0.25) is 4.99 Å². The Morgan fingerprint density at radius 1 is 1.50 bits per heavy atom. The van der Waals surface area contributed by atoms with Crippen molar-refractivity contribution in [3.05, 3.63) is 23.8 Å². The topological polar surface area (TPSA) is 15.6 Å². The van der Waals surface area contributed by atoms with Gasteiger partial charge in [0.1, 0.15) is 0 Å². The van der Waals surface area contributed by atoms with Crippen molar-refractivity contribution in [1.82, 2.24) is 0 Å². The van der Waals surface area contributed by atoms with E-state index >= 15 is 0 Å². The fraction of sp³-hybridized carbons (Fsp3) is 0.500. The molecular formula is C14H20N2. The molecular weight excluding hydrogens is 196 g/mol. The van der Waals surface area contributed by atoms with Gasteiger partial charge < -0.3 is 4.90 Å². The molecule has 1 aromatic rings. The van der Waals surface area contributed by atoms with Gasteiger partial charge in [-0.2, -0.15) is 0 Å². The highest BCUT2D eigenvalue weighted by molar-refractivity contribution is 5.71. The minimum Gasteiger partial charge on any atom is -0.372 e. The second-order valence-electron chi connectivity index (χ2n) is 4.49. The summed E-state index contributed by atoms with van der Waals surface area (Å²) in [6, 6.07) is 7.07. The van der Waals surface area contributed by atoms with E-state index in [0.717, 1.165) is 18.5 Å². The van der Waals surface area contributed by atoms with Crippen molar-refractivity contribution in [3.8, 4) is 0 Å². The van der Waals surface area contributed by atoms with Crippen LogP contribution < -0.4 is 4.90 Å². The van der Waals surface area contributed by atoms with Crippen LogP contribution in [0.2, 0.25) is 0 Å². The summed E-state index contributed by atoms with van der Waals surface area (Å²) in [6.07, 6.45) is 5.36. The molecule has 1 aromatic carbocycles. The second-order valence-corrected chi connectivity index (χ2v) is 4.49. The maximum absolute atomic E-state index is 4.55. The van der Waals surface area contributed by atoms with Crippen molar-refractivity contribution < 1.29 is 0 Å². The van der Waals surface area contributed by atoms with Crippen molar-refractivity contribution in [3.63, 3.8) is 0 Å². The smallest absolute Gasteiger partial charge is 0.0678 e. The largest absolute Gasteiger partial charge is 0.372 e. The van der Waals surface area contributed by atoms with Gasteiger partial charge in [0.25, 0.3) is 0 Å². The molecule has 0 amide bonds. The molecule has 2 heteroatoms. The van der Waals surface area contributed by atoms with Gasteiger partial charge in [-0.15, -0.1) is 0 Å². The molecule has 0 N–H and O–H groups in total. The summed E-state index contributed by atoms with van der Waals surface area (Å²) in [5.41, 5.74) is 3.91. The number of rotatable bonds is 2. The minimum atomic E-state index is 0.637. The Hall–Kier alpha value is -1.31. The fourth-order valence-electron chi connectivity index (χ4n) is 2.24. The Labute approximate surface area is 98.0 Å². The molecule has 0 aromatic heterocycles. The molecule has 1 aliphatic heterocycles. The van der Waals surface area contributed by atoms with E-state index in [9.17, 15) is 0 Å². The first-order valence-corrected chi connectivity index (χ1v) is 6.11. The van der Waals surface area contributed by atoms with Crippen LogP contribution in [0.3, 0.4) is 0 Å². The first-order valence-electron chi connectivity index (χ1n) is 6.11. The van der Waals surface area contributed by atoms with Crippen LogP contribution in [0.5, 0.6) is 0 Å². The van der Waals surface area contributed by atoms with Crippen LogP contribution in [0.1, 0.15) is 32.3 Å². The van der Waals surface area contributed by atoms with E-state index in [-0.39, 0.29) is 0 Å². The van der Waals surface area contributed by atoms with Gasteiger partial charge in [-0.25, -0.2) is 0 Å². The molecule has 0 saturated heterocycles. The van der Waals surface area contributed by atoms with Crippen LogP contribution in [-0.4, -0.2) is 19.3 Å². The van der Waals surface area contributed by atoms with Crippen LogP contribution in [0, 0.1) is 0 Å². The third kappa shape index (κ3) is 1.97. The minimum absolute atomic E-state index is 0.637. The molecule has 0 bridgehead atoms. The number of anilines is 1. The fourth-order valence-corrected chi connectivity index (χ4v) is 2.24. The molecule has 1 unspecified atom stereocenters.